The number of benzene rings is 1. The number of hydrogen-bond acceptors (Lipinski definition) is 3. The molecule has 108 valence electrons. The van der Waals surface area contributed by atoms with E-state index in [0.29, 0.717) is 13.0 Å². The molecule has 2 N–H and O–H groups in total. The summed E-state index contributed by atoms with van der Waals surface area (Å²) >= 11 is 0. The molecule has 1 unspecified atom stereocenters. The maximum atomic E-state index is 9.17. The van der Waals surface area contributed by atoms with Gasteiger partial charge >= 0.3 is 0 Å². The molecule has 19 heavy (non-hydrogen) atoms. The first-order valence-corrected chi connectivity index (χ1v) is 6.83. The first-order valence-electron chi connectivity index (χ1n) is 6.83. The summed E-state index contributed by atoms with van der Waals surface area (Å²) < 4.78 is 5.25. The summed E-state index contributed by atoms with van der Waals surface area (Å²) in [6, 6.07) is 4.47. The number of rotatable bonds is 7. The van der Waals surface area contributed by atoms with Crippen LogP contribution in [-0.4, -0.2) is 31.0 Å². The van der Waals surface area contributed by atoms with E-state index in [1.165, 1.54) is 22.3 Å². The SMILES string of the molecule is COCC(C)(CCO)NCc1cc(C)c(C)cc1C. The maximum Gasteiger partial charge on any atom is 0.0642 e. The molecule has 0 heterocycles. The largest absolute Gasteiger partial charge is 0.396 e. The zero-order chi connectivity index (χ0) is 14.5. The van der Waals surface area contributed by atoms with Crippen molar-refractivity contribution in [3.63, 3.8) is 0 Å². The fraction of sp³-hybridized carbons (Fsp3) is 0.625. The van der Waals surface area contributed by atoms with Gasteiger partial charge in [0, 0.05) is 25.8 Å². The van der Waals surface area contributed by atoms with E-state index in [1.807, 2.05) is 0 Å². The molecule has 3 nitrogen and oxygen atoms in total. The summed E-state index contributed by atoms with van der Waals surface area (Å²) in [4.78, 5) is 0. The Morgan fingerprint density at radius 2 is 1.79 bits per heavy atom. The van der Waals surface area contributed by atoms with Crippen LogP contribution in [0.15, 0.2) is 12.1 Å². The van der Waals surface area contributed by atoms with Crippen molar-refractivity contribution in [2.75, 3.05) is 20.3 Å². The van der Waals surface area contributed by atoms with Gasteiger partial charge in [0.05, 0.1) is 6.61 Å². The monoisotopic (exact) mass is 265 g/mol. The van der Waals surface area contributed by atoms with E-state index in [1.54, 1.807) is 7.11 Å². The van der Waals surface area contributed by atoms with Gasteiger partial charge in [0.1, 0.15) is 0 Å². The quantitative estimate of drug-likeness (QED) is 0.796. The smallest absolute Gasteiger partial charge is 0.0642 e. The zero-order valence-electron chi connectivity index (χ0n) is 12.8. The van der Waals surface area contributed by atoms with Gasteiger partial charge < -0.3 is 15.2 Å². The van der Waals surface area contributed by atoms with Crippen LogP contribution in [0.5, 0.6) is 0 Å². The van der Waals surface area contributed by atoms with Crippen molar-refractivity contribution in [2.45, 2.75) is 46.2 Å². The third-order valence-corrected chi connectivity index (χ3v) is 3.78. The number of aliphatic hydroxyl groups excluding tert-OH is 1. The summed E-state index contributed by atoms with van der Waals surface area (Å²) in [6.45, 7) is 10.1. The van der Waals surface area contributed by atoms with Gasteiger partial charge in [0.15, 0.2) is 0 Å². The van der Waals surface area contributed by atoms with Crippen LogP contribution in [0.2, 0.25) is 0 Å². The van der Waals surface area contributed by atoms with Crippen LogP contribution >= 0.6 is 0 Å². The Kier molecular flexibility index (Phi) is 5.98. The predicted octanol–water partition coefficient (Wildman–Crippen LogP) is 2.49. The van der Waals surface area contributed by atoms with E-state index in [-0.39, 0.29) is 12.1 Å². The summed E-state index contributed by atoms with van der Waals surface area (Å²) in [7, 11) is 1.69. The highest BCUT2D eigenvalue weighted by Gasteiger charge is 2.23. The number of aryl methyl sites for hydroxylation is 3. The molecule has 0 aliphatic heterocycles. The van der Waals surface area contributed by atoms with Gasteiger partial charge in [-0.05, 0) is 56.4 Å². The number of ether oxygens (including phenoxy) is 1. The minimum atomic E-state index is -0.186. The van der Waals surface area contributed by atoms with Crippen LogP contribution in [0, 0.1) is 20.8 Å². The van der Waals surface area contributed by atoms with E-state index >= 15 is 0 Å². The van der Waals surface area contributed by atoms with Crippen LogP contribution in [-0.2, 0) is 11.3 Å². The third-order valence-electron chi connectivity index (χ3n) is 3.78. The van der Waals surface area contributed by atoms with Crippen molar-refractivity contribution in [1.82, 2.24) is 5.32 Å². The molecule has 1 rings (SSSR count). The third kappa shape index (κ3) is 4.60. The van der Waals surface area contributed by atoms with Crippen molar-refractivity contribution >= 4 is 0 Å². The lowest BCUT2D eigenvalue weighted by molar-refractivity contribution is 0.0969. The molecule has 1 atom stereocenters. The molecular weight excluding hydrogens is 238 g/mol. The molecule has 0 saturated carbocycles. The molecule has 0 aliphatic carbocycles. The van der Waals surface area contributed by atoms with Gasteiger partial charge in [-0.1, -0.05) is 12.1 Å². The first-order chi connectivity index (χ1) is 8.91. The average molecular weight is 265 g/mol. The topological polar surface area (TPSA) is 41.5 Å². The standard InChI is InChI=1S/C16H27NO2/c1-12-8-14(3)15(9-13(12)2)10-17-16(4,6-7-18)11-19-5/h8-9,17-18H,6-7,10-11H2,1-5H3. The lowest BCUT2D eigenvalue weighted by Crippen LogP contribution is -2.46. The summed E-state index contributed by atoms with van der Waals surface area (Å²) in [6.07, 6.45) is 0.685. The van der Waals surface area contributed by atoms with Crippen molar-refractivity contribution < 1.29 is 9.84 Å². The molecule has 0 amide bonds. The molecule has 3 heteroatoms. The highest BCUT2D eigenvalue weighted by Crippen LogP contribution is 2.17. The normalized spacial score (nSPS) is 14.4. The van der Waals surface area contributed by atoms with Crippen molar-refractivity contribution in [2.24, 2.45) is 0 Å². The molecular formula is C16H27NO2. The minimum absolute atomic E-state index is 0.165. The molecule has 1 aromatic carbocycles. The first kappa shape index (κ1) is 16.2. The average Bonchev–Trinajstić information content (AvgIpc) is 2.33. The number of nitrogens with one attached hydrogen (secondary N) is 1. The van der Waals surface area contributed by atoms with E-state index in [2.05, 4.69) is 45.1 Å². The van der Waals surface area contributed by atoms with Gasteiger partial charge in [-0.2, -0.15) is 0 Å². The highest BCUT2D eigenvalue weighted by molar-refractivity contribution is 5.36. The number of aliphatic hydroxyl groups is 1. The lowest BCUT2D eigenvalue weighted by atomic mass is 9.97. The van der Waals surface area contributed by atoms with Gasteiger partial charge in [-0.3, -0.25) is 0 Å². The predicted molar refractivity (Wildman–Crippen MR) is 79.5 cm³/mol. The Morgan fingerprint density at radius 1 is 1.16 bits per heavy atom. The molecule has 0 fully saturated rings. The fourth-order valence-electron chi connectivity index (χ4n) is 2.30. The van der Waals surface area contributed by atoms with Gasteiger partial charge in [0.2, 0.25) is 0 Å². The molecule has 0 bridgehead atoms. The van der Waals surface area contributed by atoms with Crippen LogP contribution in [0.4, 0.5) is 0 Å². The van der Waals surface area contributed by atoms with Crippen molar-refractivity contribution in [3.05, 3.63) is 34.4 Å². The second kappa shape index (κ2) is 7.04. The number of hydrogen-bond donors (Lipinski definition) is 2. The minimum Gasteiger partial charge on any atom is -0.396 e. The summed E-state index contributed by atoms with van der Waals surface area (Å²) in [5.41, 5.74) is 5.08. The maximum absolute atomic E-state index is 9.17. The molecule has 1 aromatic rings. The zero-order valence-corrected chi connectivity index (χ0v) is 12.8. The van der Waals surface area contributed by atoms with Crippen LogP contribution in [0.1, 0.15) is 35.6 Å². The Hall–Kier alpha value is -0.900. The Morgan fingerprint density at radius 3 is 2.37 bits per heavy atom. The van der Waals surface area contributed by atoms with E-state index in [4.69, 9.17) is 9.84 Å². The molecule has 0 aromatic heterocycles. The second-order valence-corrected chi connectivity index (χ2v) is 5.68. The van der Waals surface area contributed by atoms with Crippen molar-refractivity contribution in [3.8, 4) is 0 Å². The molecule has 0 radical (unpaired) electrons. The molecule has 0 saturated heterocycles. The van der Waals surface area contributed by atoms with Crippen LogP contribution in [0.3, 0.4) is 0 Å². The van der Waals surface area contributed by atoms with Gasteiger partial charge in [0.25, 0.3) is 0 Å². The summed E-state index contributed by atoms with van der Waals surface area (Å²) in [5, 5.41) is 12.7. The van der Waals surface area contributed by atoms with Crippen LogP contribution in [0.25, 0.3) is 0 Å². The fourth-order valence-corrected chi connectivity index (χ4v) is 2.30. The Bertz CT molecular complexity index is 409. The lowest BCUT2D eigenvalue weighted by Gasteiger charge is -2.30. The Labute approximate surface area is 117 Å². The molecule has 0 spiro atoms. The van der Waals surface area contributed by atoms with Gasteiger partial charge in [-0.15, -0.1) is 0 Å². The van der Waals surface area contributed by atoms with Gasteiger partial charge in [-0.25, -0.2) is 0 Å². The second-order valence-electron chi connectivity index (χ2n) is 5.68. The van der Waals surface area contributed by atoms with E-state index in [9.17, 15) is 0 Å². The van der Waals surface area contributed by atoms with Crippen LogP contribution < -0.4 is 5.32 Å². The Balaban J connectivity index is 2.76. The van der Waals surface area contributed by atoms with E-state index in [0.717, 1.165) is 6.54 Å². The number of methoxy groups -OCH3 is 1. The summed E-state index contributed by atoms with van der Waals surface area (Å²) in [5.74, 6) is 0. The van der Waals surface area contributed by atoms with Crippen molar-refractivity contribution in [1.29, 1.82) is 0 Å². The molecule has 0 aliphatic rings. The highest BCUT2D eigenvalue weighted by atomic mass is 16.5. The van der Waals surface area contributed by atoms with E-state index < -0.39 is 0 Å².